The normalized spacial score (nSPS) is 11.5. The summed E-state index contributed by atoms with van der Waals surface area (Å²) in [5.41, 5.74) is 3.29. The highest BCUT2D eigenvalue weighted by molar-refractivity contribution is 5.27. The maximum Gasteiger partial charge on any atom is -0.0276 e. The molecule has 1 aromatic rings. The van der Waals surface area contributed by atoms with Gasteiger partial charge >= 0.3 is 0 Å². The van der Waals surface area contributed by atoms with Crippen molar-refractivity contribution in [3.8, 4) is 0 Å². The molecule has 0 aliphatic heterocycles. The van der Waals surface area contributed by atoms with Gasteiger partial charge in [-0.15, -0.1) is 0 Å². The summed E-state index contributed by atoms with van der Waals surface area (Å²) in [6.07, 6.45) is 55.1. The molecule has 0 saturated carbocycles. The third-order valence-corrected chi connectivity index (χ3v) is 10.7. The number of hydrogen-bond donors (Lipinski definition) is 0. The van der Waals surface area contributed by atoms with Crippen molar-refractivity contribution in [1.82, 2.24) is 0 Å². The van der Waals surface area contributed by atoms with Gasteiger partial charge in [0.05, 0.1) is 0 Å². The monoisotopic (exact) mass is 639 g/mol. The Bertz CT molecular complexity index is 630. The first kappa shape index (κ1) is 43.2. The van der Waals surface area contributed by atoms with E-state index in [2.05, 4.69) is 38.1 Å². The van der Waals surface area contributed by atoms with Gasteiger partial charge in [0, 0.05) is 0 Å². The Labute approximate surface area is 292 Å². The quantitative estimate of drug-likeness (QED) is 0.0632. The first-order chi connectivity index (χ1) is 22.9. The first-order valence-electron chi connectivity index (χ1n) is 21.9. The van der Waals surface area contributed by atoms with Gasteiger partial charge < -0.3 is 0 Å². The van der Waals surface area contributed by atoms with Crippen molar-refractivity contribution in [2.45, 2.75) is 258 Å². The Kier molecular flexibility index (Phi) is 34.8. The minimum Gasteiger partial charge on any atom is -0.0654 e. The van der Waals surface area contributed by atoms with E-state index < -0.39 is 0 Å². The van der Waals surface area contributed by atoms with Crippen LogP contribution in [-0.2, 0) is 12.8 Å². The molecule has 0 N–H and O–H groups in total. The number of aryl methyl sites for hydroxylation is 2. The average Bonchev–Trinajstić information content (AvgIpc) is 3.07. The summed E-state index contributed by atoms with van der Waals surface area (Å²) >= 11 is 0. The molecule has 0 saturated heterocycles. The highest BCUT2D eigenvalue weighted by Gasteiger charge is 2.03. The Balaban J connectivity index is 1.85. The van der Waals surface area contributed by atoms with Crippen LogP contribution in [-0.4, -0.2) is 0 Å². The summed E-state index contributed by atoms with van der Waals surface area (Å²) in [5, 5.41) is 0. The van der Waals surface area contributed by atoms with Crippen LogP contribution >= 0.6 is 0 Å². The largest absolute Gasteiger partial charge is 0.0654 e. The fourth-order valence-electron chi connectivity index (χ4n) is 7.48. The molecule has 0 unspecified atom stereocenters. The fourth-order valence-corrected chi connectivity index (χ4v) is 7.48. The topological polar surface area (TPSA) is 0 Å². The number of hydrogen-bond acceptors (Lipinski definition) is 0. The predicted molar refractivity (Wildman–Crippen MR) is 211 cm³/mol. The molecule has 0 atom stereocenters. The van der Waals surface area contributed by atoms with E-state index in [4.69, 9.17) is 0 Å². The molecule has 0 aromatic heterocycles. The molecular weight excluding hydrogens is 553 g/mol. The second-order valence-electron chi connectivity index (χ2n) is 15.3. The molecular formula is C46H86. The van der Waals surface area contributed by atoms with Crippen LogP contribution in [0.4, 0.5) is 0 Å². The van der Waals surface area contributed by atoms with Crippen molar-refractivity contribution in [3.63, 3.8) is 0 Å². The van der Waals surface area contributed by atoms with Gasteiger partial charge in [0.15, 0.2) is 0 Å². The van der Waals surface area contributed by atoms with E-state index in [1.165, 1.54) is 244 Å². The van der Waals surface area contributed by atoms with Crippen molar-refractivity contribution < 1.29 is 0 Å². The molecule has 0 spiro atoms. The molecule has 46 heavy (non-hydrogen) atoms. The summed E-state index contributed by atoms with van der Waals surface area (Å²) in [5.74, 6) is 0. The molecule has 0 fully saturated rings. The van der Waals surface area contributed by atoms with Crippen LogP contribution in [0.3, 0.4) is 0 Å². The molecule has 1 rings (SSSR count). The lowest BCUT2D eigenvalue weighted by Crippen LogP contribution is -1.95. The third kappa shape index (κ3) is 30.5. The van der Waals surface area contributed by atoms with E-state index in [1.54, 1.807) is 11.1 Å². The smallest absolute Gasteiger partial charge is 0.0276 e. The summed E-state index contributed by atoms with van der Waals surface area (Å²) in [4.78, 5) is 0. The Morgan fingerprint density at radius 1 is 0.239 bits per heavy atom. The van der Waals surface area contributed by atoms with Crippen LogP contribution in [0.25, 0.3) is 0 Å². The summed E-state index contributed by atoms with van der Waals surface area (Å²) in [7, 11) is 0. The van der Waals surface area contributed by atoms with Crippen LogP contribution < -0.4 is 0 Å². The lowest BCUT2D eigenvalue weighted by molar-refractivity contribution is 0.524. The zero-order valence-corrected chi connectivity index (χ0v) is 32.2. The van der Waals surface area contributed by atoms with E-state index in [-0.39, 0.29) is 0 Å². The van der Waals surface area contributed by atoms with Crippen LogP contribution in [0.2, 0.25) is 0 Å². The molecule has 0 radical (unpaired) electrons. The number of benzene rings is 1. The van der Waals surface area contributed by atoms with Crippen molar-refractivity contribution in [2.24, 2.45) is 0 Å². The van der Waals surface area contributed by atoms with Gasteiger partial charge in [-0.05, 0) is 36.8 Å². The Morgan fingerprint density at radius 2 is 0.413 bits per heavy atom. The third-order valence-electron chi connectivity index (χ3n) is 10.7. The van der Waals surface area contributed by atoms with E-state index in [0.717, 1.165) is 0 Å². The summed E-state index contributed by atoms with van der Waals surface area (Å²) in [6, 6.07) is 9.36. The molecule has 0 nitrogen and oxygen atoms in total. The zero-order chi connectivity index (χ0) is 32.9. The standard InChI is InChI=1S/C46H86/c1-3-5-7-9-11-13-15-17-19-21-23-25-27-29-31-33-35-37-41-45-43-39-40-44-46(45)42-38-36-34-32-30-28-26-24-22-20-18-16-14-12-10-8-6-4-2/h39-40,43-44H,3-38,41-42H2,1-2H3. The first-order valence-corrected chi connectivity index (χ1v) is 21.9. The van der Waals surface area contributed by atoms with Crippen molar-refractivity contribution in [2.75, 3.05) is 0 Å². The van der Waals surface area contributed by atoms with Gasteiger partial charge in [0.2, 0.25) is 0 Å². The molecule has 0 aliphatic rings. The van der Waals surface area contributed by atoms with E-state index in [0.29, 0.717) is 0 Å². The second-order valence-corrected chi connectivity index (χ2v) is 15.3. The van der Waals surface area contributed by atoms with E-state index in [1.807, 2.05) is 0 Å². The van der Waals surface area contributed by atoms with E-state index >= 15 is 0 Å². The zero-order valence-electron chi connectivity index (χ0n) is 32.2. The molecule has 0 heteroatoms. The summed E-state index contributed by atoms with van der Waals surface area (Å²) in [6.45, 7) is 4.62. The minimum atomic E-state index is 1.30. The second kappa shape index (κ2) is 37.0. The van der Waals surface area contributed by atoms with Crippen molar-refractivity contribution in [1.29, 1.82) is 0 Å². The highest BCUT2D eigenvalue weighted by atomic mass is 14.1. The maximum atomic E-state index is 2.41. The maximum absolute atomic E-state index is 2.41. The number of unbranched alkanes of at least 4 members (excludes halogenated alkanes) is 34. The minimum absolute atomic E-state index is 1.30. The molecule has 0 amide bonds. The van der Waals surface area contributed by atoms with E-state index in [9.17, 15) is 0 Å². The van der Waals surface area contributed by atoms with Gasteiger partial charge in [-0.1, -0.05) is 256 Å². The molecule has 270 valence electrons. The molecule has 0 heterocycles. The van der Waals surface area contributed by atoms with Gasteiger partial charge in [0.1, 0.15) is 0 Å². The van der Waals surface area contributed by atoms with Crippen molar-refractivity contribution in [3.05, 3.63) is 35.4 Å². The van der Waals surface area contributed by atoms with Gasteiger partial charge in [-0.3, -0.25) is 0 Å². The Hall–Kier alpha value is -0.780. The average molecular weight is 639 g/mol. The van der Waals surface area contributed by atoms with Gasteiger partial charge in [-0.2, -0.15) is 0 Å². The predicted octanol–water partition coefficient (Wildman–Crippen LogP) is 16.9. The van der Waals surface area contributed by atoms with Crippen LogP contribution in [0.1, 0.15) is 256 Å². The van der Waals surface area contributed by atoms with Crippen LogP contribution in [0.15, 0.2) is 24.3 Å². The van der Waals surface area contributed by atoms with Gasteiger partial charge in [-0.25, -0.2) is 0 Å². The molecule has 0 bridgehead atoms. The fraction of sp³-hybridized carbons (Fsp3) is 0.870. The van der Waals surface area contributed by atoms with Crippen LogP contribution in [0.5, 0.6) is 0 Å². The van der Waals surface area contributed by atoms with Crippen LogP contribution in [0, 0.1) is 0 Å². The van der Waals surface area contributed by atoms with Gasteiger partial charge in [0.25, 0.3) is 0 Å². The molecule has 1 aromatic carbocycles. The van der Waals surface area contributed by atoms with Crippen molar-refractivity contribution >= 4 is 0 Å². The Morgan fingerprint density at radius 3 is 0.609 bits per heavy atom. The molecule has 0 aliphatic carbocycles. The highest BCUT2D eigenvalue weighted by Crippen LogP contribution is 2.19. The SMILES string of the molecule is CCCCCCCCCCCCCCCCCCCCc1ccccc1CCCCCCCCCCCCCCCCCCCC. The summed E-state index contributed by atoms with van der Waals surface area (Å²) < 4.78 is 0. The number of rotatable bonds is 38. The lowest BCUT2D eigenvalue weighted by atomic mass is 9.96. The lowest BCUT2D eigenvalue weighted by Gasteiger charge is -2.10.